The van der Waals surface area contributed by atoms with Gasteiger partial charge in [0.05, 0.1) is 13.2 Å². The highest BCUT2D eigenvalue weighted by atomic mass is 79.9. The van der Waals surface area contributed by atoms with Crippen molar-refractivity contribution in [2.45, 2.75) is 12.2 Å². The highest BCUT2D eigenvalue weighted by Crippen LogP contribution is 2.35. The lowest BCUT2D eigenvalue weighted by Gasteiger charge is -1.98. The van der Waals surface area contributed by atoms with Gasteiger partial charge in [-0.2, -0.15) is 0 Å². The van der Waals surface area contributed by atoms with E-state index >= 15 is 0 Å². The average molecular weight is 212 g/mol. The Hall–Kier alpha value is 0.330. The van der Waals surface area contributed by atoms with E-state index in [1.807, 2.05) is 0 Å². The molecule has 1 N–H and O–H groups in total. The van der Waals surface area contributed by atoms with Gasteiger partial charge < -0.3 is 10.1 Å². The molecule has 0 bridgehead atoms. The van der Waals surface area contributed by atoms with Crippen LogP contribution in [0.15, 0.2) is 0 Å². The molecule has 2 rings (SSSR count). The molecule has 10 heavy (non-hydrogen) atoms. The predicted octanol–water partition coefficient (Wildman–Crippen LogP) is 0.521. The molecular weight excluding hydrogens is 201 g/mol. The maximum Gasteiger partial charge on any atom is 0.122 e. The molecule has 1 saturated heterocycles. The Labute approximate surface area is 69.9 Å². The summed E-state index contributed by atoms with van der Waals surface area (Å²) in [7, 11) is 0. The van der Waals surface area contributed by atoms with Crippen molar-refractivity contribution in [3.8, 4) is 0 Å². The van der Waals surface area contributed by atoms with Crippen molar-refractivity contribution in [2.24, 2.45) is 5.92 Å². The smallest absolute Gasteiger partial charge is 0.122 e. The first-order chi connectivity index (χ1) is 4.39. The van der Waals surface area contributed by atoms with E-state index in [1.165, 1.54) is 0 Å². The Morgan fingerprint density at radius 3 is 3.10 bits per heavy atom. The van der Waals surface area contributed by atoms with Gasteiger partial charge in [0.2, 0.25) is 0 Å². The van der Waals surface area contributed by atoms with Gasteiger partial charge in [-0.3, -0.25) is 0 Å². The van der Waals surface area contributed by atoms with Crippen LogP contribution in [0.2, 0.25) is 0 Å². The first-order valence-electron chi connectivity index (χ1n) is 3.35. The second-order valence-corrected chi connectivity index (χ2v) is 2.66. The maximum atomic E-state index is 12.5. The van der Waals surface area contributed by atoms with Gasteiger partial charge in [-0.15, -0.1) is 17.0 Å². The third kappa shape index (κ3) is 1.33. The molecule has 2 aliphatic rings. The number of fused-ring (bicyclic) bond motifs is 1. The van der Waals surface area contributed by atoms with Crippen LogP contribution in [0.4, 0.5) is 4.39 Å². The van der Waals surface area contributed by atoms with Gasteiger partial charge in [-0.1, -0.05) is 0 Å². The summed E-state index contributed by atoms with van der Waals surface area (Å²) in [5, 5.41) is 3.07. The third-order valence-corrected chi connectivity index (χ3v) is 2.01. The largest absolute Gasteiger partial charge is 0.380 e. The van der Waals surface area contributed by atoms with E-state index in [0.29, 0.717) is 6.61 Å². The van der Waals surface area contributed by atoms with Crippen LogP contribution in [-0.2, 0) is 4.74 Å². The van der Waals surface area contributed by atoms with E-state index in [2.05, 4.69) is 5.32 Å². The summed E-state index contributed by atoms with van der Waals surface area (Å²) in [4.78, 5) is 0. The molecule has 1 saturated carbocycles. The van der Waals surface area contributed by atoms with Crippen LogP contribution in [0.3, 0.4) is 0 Å². The van der Waals surface area contributed by atoms with E-state index in [0.717, 1.165) is 13.2 Å². The van der Waals surface area contributed by atoms with Gasteiger partial charge in [-0.25, -0.2) is 4.39 Å². The Morgan fingerprint density at radius 1 is 1.50 bits per heavy atom. The quantitative estimate of drug-likeness (QED) is 0.632. The number of rotatable bonds is 0. The molecular formula is C6H11BrFNO. The summed E-state index contributed by atoms with van der Waals surface area (Å²) >= 11 is 0. The third-order valence-electron chi connectivity index (χ3n) is 2.01. The molecule has 1 heterocycles. The van der Waals surface area contributed by atoms with Crippen LogP contribution in [-0.4, -0.2) is 32.0 Å². The summed E-state index contributed by atoms with van der Waals surface area (Å²) in [6.07, 6.45) is -0.634. The SMILES string of the molecule is Br.FC1C2COCCNC12. The minimum absolute atomic E-state index is 0. The fraction of sp³-hybridized carbons (Fsp3) is 1.00. The highest BCUT2D eigenvalue weighted by Gasteiger charge is 2.51. The monoisotopic (exact) mass is 211 g/mol. The lowest BCUT2D eigenvalue weighted by Crippen LogP contribution is -2.21. The lowest BCUT2D eigenvalue weighted by molar-refractivity contribution is 0.129. The van der Waals surface area contributed by atoms with Crippen LogP contribution >= 0.6 is 17.0 Å². The second kappa shape index (κ2) is 3.15. The molecule has 3 atom stereocenters. The van der Waals surface area contributed by atoms with E-state index < -0.39 is 6.17 Å². The number of hydrogen-bond donors (Lipinski definition) is 1. The molecule has 3 unspecified atom stereocenters. The Bertz CT molecular complexity index is 112. The van der Waals surface area contributed by atoms with Crippen LogP contribution in [0.5, 0.6) is 0 Å². The van der Waals surface area contributed by atoms with Gasteiger partial charge >= 0.3 is 0 Å². The van der Waals surface area contributed by atoms with Crippen molar-refractivity contribution < 1.29 is 9.13 Å². The van der Waals surface area contributed by atoms with Crippen molar-refractivity contribution in [3.63, 3.8) is 0 Å². The van der Waals surface area contributed by atoms with E-state index in [4.69, 9.17) is 4.74 Å². The Kier molecular flexibility index (Phi) is 2.66. The van der Waals surface area contributed by atoms with Crippen LogP contribution < -0.4 is 5.32 Å². The Balaban J connectivity index is 0.000000500. The fourth-order valence-electron chi connectivity index (χ4n) is 1.31. The number of halogens is 2. The zero-order valence-corrected chi connectivity index (χ0v) is 7.26. The number of ether oxygens (including phenoxy) is 1. The van der Waals surface area contributed by atoms with E-state index in [9.17, 15) is 4.39 Å². The first kappa shape index (κ1) is 8.43. The predicted molar refractivity (Wildman–Crippen MR) is 41.3 cm³/mol. The standard InChI is InChI=1S/C6H10FNO.BrH/c7-5-4-3-9-2-1-8-6(4)5;/h4-6,8H,1-3H2;1H. The molecule has 0 aromatic heterocycles. The molecule has 0 amide bonds. The van der Waals surface area contributed by atoms with Gasteiger partial charge in [0.1, 0.15) is 6.17 Å². The van der Waals surface area contributed by atoms with Crippen molar-refractivity contribution in [3.05, 3.63) is 0 Å². The highest BCUT2D eigenvalue weighted by molar-refractivity contribution is 8.93. The number of hydrogen-bond acceptors (Lipinski definition) is 2. The molecule has 1 aliphatic heterocycles. The van der Waals surface area contributed by atoms with Gasteiger partial charge in [0.15, 0.2) is 0 Å². The van der Waals surface area contributed by atoms with E-state index in [1.54, 1.807) is 0 Å². The van der Waals surface area contributed by atoms with Gasteiger partial charge in [-0.05, 0) is 0 Å². The minimum Gasteiger partial charge on any atom is -0.380 e. The van der Waals surface area contributed by atoms with Crippen LogP contribution in [0.25, 0.3) is 0 Å². The van der Waals surface area contributed by atoms with Gasteiger partial charge in [0.25, 0.3) is 0 Å². The normalized spacial score (nSPS) is 44.7. The molecule has 0 spiro atoms. The average Bonchev–Trinajstić information content (AvgIpc) is 2.51. The Morgan fingerprint density at radius 2 is 2.30 bits per heavy atom. The summed E-state index contributed by atoms with van der Waals surface area (Å²) in [5.41, 5.74) is 0. The van der Waals surface area contributed by atoms with Crippen molar-refractivity contribution in [1.82, 2.24) is 5.32 Å². The summed E-state index contributed by atoms with van der Waals surface area (Å²) in [6.45, 7) is 2.15. The van der Waals surface area contributed by atoms with E-state index in [-0.39, 0.29) is 28.9 Å². The maximum absolute atomic E-state index is 12.5. The first-order valence-corrected chi connectivity index (χ1v) is 3.35. The minimum atomic E-state index is -0.634. The topological polar surface area (TPSA) is 21.3 Å². The fourth-order valence-corrected chi connectivity index (χ4v) is 1.31. The van der Waals surface area contributed by atoms with Crippen LogP contribution in [0.1, 0.15) is 0 Å². The zero-order chi connectivity index (χ0) is 6.27. The molecule has 4 heteroatoms. The van der Waals surface area contributed by atoms with Gasteiger partial charge in [0, 0.05) is 18.5 Å². The molecule has 1 aliphatic carbocycles. The number of alkyl halides is 1. The molecule has 60 valence electrons. The number of nitrogens with one attached hydrogen (secondary N) is 1. The lowest BCUT2D eigenvalue weighted by atomic mass is 10.4. The van der Waals surface area contributed by atoms with Crippen LogP contribution in [0, 0.1) is 5.92 Å². The molecule has 2 fully saturated rings. The molecule has 0 radical (unpaired) electrons. The van der Waals surface area contributed by atoms with Crippen molar-refractivity contribution in [1.29, 1.82) is 0 Å². The summed E-state index contributed by atoms with van der Waals surface area (Å²) < 4.78 is 17.6. The second-order valence-electron chi connectivity index (χ2n) is 2.66. The summed E-state index contributed by atoms with van der Waals surface area (Å²) in [6, 6.07) is 0.118. The van der Waals surface area contributed by atoms with Crippen molar-refractivity contribution >= 4 is 17.0 Å². The molecule has 0 aromatic carbocycles. The van der Waals surface area contributed by atoms with Crippen molar-refractivity contribution in [2.75, 3.05) is 19.8 Å². The zero-order valence-electron chi connectivity index (χ0n) is 5.55. The summed E-state index contributed by atoms with van der Waals surface area (Å²) in [5.74, 6) is 0.160. The molecule has 0 aromatic rings. The molecule has 2 nitrogen and oxygen atoms in total.